The van der Waals surface area contributed by atoms with Gasteiger partial charge in [-0.3, -0.25) is 9.78 Å². The highest BCUT2D eigenvalue weighted by Gasteiger charge is 2.29. The summed E-state index contributed by atoms with van der Waals surface area (Å²) in [5, 5.41) is 12.5. The molecule has 3 rings (SSSR count). The molecule has 0 radical (unpaired) electrons. The lowest BCUT2D eigenvalue weighted by Crippen LogP contribution is -2.48. The van der Waals surface area contributed by atoms with E-state index >= 15 is 0 Å². The number of aromatic amines is 1. The Morgan fingerprint density at radius 3 is 3.07 bits per heavy atom. The lowest BCUT2D eigenvalue weighted by molar-refractivity contribution is -0.130. The minimum absolute atomic E-state index is 0.0118. The molecule has 1 aliphatic rings. The molecular weight excluding hydrogens is 340 g/mol. The molecule has 0 spiro atoms. The number of nitriles is 1. The highest BCUT2D eigenvalue weighted by atomic mass is 16.2. The van der Waals surface area contributed by atoms with Crippen LogP contribution in [0.2, 0.25) is 0 Å². The number of aromatic nitrogens is 3. The Balaban J connectivity index is 1.59. The third-order valence-electron chi connectivity index (χ3n) is 4.97. The van der Waals surface area contributed by atoms with Crippen molar-refractivity contribution in [3.63, 3.8) is 0 Å². The maximum absolute atomic E-state index is 12.4. The van der Waals surface area contributed by atoms with Crippen molar-refractivity contribution in [1.82, 2.24) is 25.2 Å². The van der Waals surface area contributed by atoms with Crippen molar-refractivity contribution in [3.05, 3.63) is 35.9 Å². The standard InChI is InChI=1S/C20H26N6O/c1-14-11-22-7-6-17(14)19-23-12-15(25-19)9-20(2,3)24-13-18(27)26-8-4-5-16(26)10-21/h6-7,11-12,16,24H,4-5,8-9,13H2,1-3H3,(H,23,25)/t16-/m0/s1. The summed E-state index contributed by atoms with van der Waals surface area (Å²) in [6, 6.07) is 3.88. The molecular formula is C20H26N6O. The van der Waals surface area contributed by atoms with Crippen LogP contribution in [0.15, 0.2) is 24.7 Å². The summed E-state index contributed by atoms with van der Waals surface area (Å²) in [6.07, 6.45) is 7.85. The fourth-order valence-electron chi connectivity index (χ4n) is 3.46. The third kappa shape index (κ3) is 4.52. The minimum atomic E-state index is -0.294. The summed E-state index contributed by atoms with van der Waals surface area (Å²) in [6.45, 7) is 7.02. The van der Waals surface area contributed by atoms with Crippen LogP contribution in [0.1, 0.15) is 37.9 Å². The summed E-state index contributed by atoms with van der Waals surface area (Å²) in [5.74, 6) is 0.813. The van der Waals surface area contributed by atoms with Crippen LogP contribution < -0.4 is 5.32 Å². The number of H-pyrrole nitrogens is 1. The van der Waals surface area contributed by atoms with Crippen molar-refractivity contribution in [2.45, 2.75) is 51.6 Å². The Hall–Kier alpha value is -2.72. The molecule has 7 heteroatoms. The van der Waals surface area contributed by atoms with Crippen LogP contribution in [0.3, 0.4) is 0 Å². The number of aryl methyl sites for hydroxylation is 1. The van der Waals surface area contributed by atoms with Crippen LogP contribution in [-0.2, 0) is 11.2 Å². The van der Waals surface area contributed by atoms with Gasteiger partial charge in [-0.15, -0.1) is 0 Å². The molecule has 7 nitrogen and oxygen atoms in total. The van der Waals surface area contributed by atoms with Crippen LogP contribution >= 0.6 is 0 Å². The van der Waals surface area contributed by atoms with E-state index in [9.17, 15) is 4.79 Å². The van der Waals surface area contributed by atoms with E-state index in [1.54, 1.807) is 11.1 Å². The van der Waals surface area contributed by atoms with Crippen LogP contribution in [0.25, 0.3) is 11.4 Å². The Kier molecular flexibility index (Phi) is 5.57. The van der Waals surface area contributed by atoms with E-state index in [1.165, 1.54) is 0 Å². The summed E-state index contributed by atoms with van der Waals surface area (Å²) in [5.41, 5.74) is 2.74. The number of carbonyl (C=O) groups excluding carboxylic acids is 1. The van der Waals surface area contributed by atoms with E-state index in [1.807, 2.05) is 25.4 Å². The van der Waals surface area contributed by atoms with Gasteiger partial charge in [-0.2, -0.15) is 5.26 Å². The van der Waals surface area contributed by atoms with Gasteiger partial charge in [-0.25, -0.2) is 4.98 Å². The number of rotatable bonds is 6. The molecule has 3 heterocycles. The molecule has 0 unspecified atom stereocenters. The number of amides is 1. The second-order valence-electron chi connectivity index (χ2n) is 7.72. The van der Waals surface area contributed by atoms with Crippen LogP contribution in [0.5, 0.6) is 0 Å². The smallest absolute Gasteiger partial charge is 0.237 e. The topological polar surface area (TPSA) is 97.7 Å². The summed E-state index contributed by atoms with van der Waals surface area (Å²) >= 11 is 0. The van der Waals surface area contributed by atoms with Crippen molar-refractivity contribution in [2.24, 2.45) is 0 Å². The molecule has 2 N–H and O–H groups in total. The second kappa shape index (κ2) is 7.89. The normalized spacial score (nSPS) is 17.1. The maximum Gasteiger partial charge on any atom is 0.237 e. The Morgan fingerprint density at radius 2 is 2.33 bits per heavy atom. The lowest BCUT2D eigenvalue weighted by Gasteiger charge is -2.27. The molecule has 0 bridgehead atoms. The number of hydrogen-bond acceptors (Lipinski definition) is 5. The first kappa shape index (κ1) is 19.1. The molecule has 1 fully saturated rings. The van der Waals surface area contributed by atoms with Gasteiger partial charge in [0.2, 0.25) is 5.91 Å². The zero-order valence-electron chi connectivity index (χ0n) is 16.1. The molecule has 1 aliphatic heterocycles. The number of carbonyl (C=O) groups is 1. The predicted molar refractivity (Wildman–Crippen MR) is 103 cm³/mol. The van der Waals surface area contributed by atoms with Gasteiger partial charge in [-0.1, -0.05) is 0 Å². The van der Waals surface area contributed by atoms with Gasteiger partial charge in [0.05, 0.1) is 18.3 Å². The number of hydrogen-bond donors (Lipinski definition) is 2. The molecule has 0 aliphatic carbocycles. The van der Waals surface area contributed by atoms with E-state index in [4.69, 9.17) is 10.2 Å². The summed E-state index contributed by atoms with van der Waals surface area (Å²) in [7, 11) is 0. The molecule has 27 heavy (non-hydrogen) atoms. The van der Waals surface area contributed by atoms with Crippen molar-refractivity contribution >= 4 is 5.91 Å². The number of nitrogens with one attached hydrogen (secondary N) is 2. The van der Waals surface area contributed by atoms with Crippen molar-refractivity contribution < 1.29 is 4.79 Å². The Morgan fingerprint density at radius 1 is 1.52 bits per heavy atom. The first-order chi connectivity index (χ1) is 12.9. The van der Waals surface area contributed by atoms with Gasteiger partial charge in [-0.05, 0) is 45.2 Å². The fraction of sp³-hybridized carbons (Fsp3) is 0.500. The first-order valence-electron chi connectivity index (χ1n) is 9.29. The minimum Gasteiger partial charge on any atom is -0.344 e. The van der Waals surface area contributed by atoms with E-state index in [-0.39, 0.29) is 24.0 Å². The maximum atomic E-state index is 12.4. The van der Waals surface area contributed by atoms with E-state index in [0.717, 1.165) is 35.5 Å². The van der Waals surface area contributed by atoms with Crippen molar-refractivity contribution in [1.29, 1.82) is 5.26 Å². The van der Waals surface area contributed by atoms with Crippen molar-refractivity contribution in [2.75, 3.05) is 13.1 Å². The molecule has 1 amide bonds. The highest BCUT2D eigenvalue weighted by molar-refractivity contribution is 5.79. The number of nitrogens with zero attached hydrogens (tertiary/aromatic N) is 4. The molecule has 0 aromatic carbocycles. The summed E-state index contributed by atoms with van der Waals surface area (Å²) in [4.78, 5) is 26.1. The SMILES string of the molecule is Cc1cnccc1-c1nc(CC(C)(C)NCC(=O)N2CCC[C@H]2C#N)c[nH]1. The number of pyridine rings is 1. The van der Waals surface area contributed by atoms with Gasteiger partial charge in [0.1, 0.15) is 11.9 Å². The average Bonchev–Trinajstić information content (AvgIpc) is 3.29. The van der Waals surface area contributed by atoms with E-state index < -0.39 is 0 Å². The quantitative estimate of drug-likeness (QED) is 0.817. The molecule has 0 saturated carbocycles. The summed E-state index contributed by atoms with van der Waals surface area (Å²) < 4.78 is 0. The lowest BCUT2D eigenvalue weighted by atomic mass is 9.99. The Bertz CT molecular complexity index is 850. The van der Waals surface area contributed by atoms with Crippen LogP contribution in [0.4, 0.5) is 0 Å². The van der Waals surface area contributed by atoms with Gasteiger partial charge in [0.15, 0.2) is 0 Å². The zero-order chi connectivity index (χ0) is 19.4. The molecule has 1 saturated heterocycles. The van der Waals surface area contributed by atoms with E-state index in [0.29, 0.717) is 13.0 Å². The third-order valence-corrected chi connectivity index (χ3v) is 4.97. The Labute approximate surface area is 159 Å². The van der Waals surface area contributed by atoms with Crippen LogP contribution in [0, 0.1) is 18.3 Å². The molecule has 142 valence electrons. The number of likely N-dealkylation sites (tertiary alicyclic amines) is 1. The van der Waals surface area contributed by atoms with Gasteiger partial charge < -0.3 is 15.2 Å². The molecule has 2 aromatic heterocycles. The monoisotopic (exact) mass is 366 g/mol. The van der Waals surface area contributed by atoms with Gasteiger partial charge >= 0.3 is 0 Å². The van der Waals surface area contributed by atoms with Gasteiger partial charge in [0.25, 0.3) is 0 Å². The molecule has 2 aromatic rings. The average molecular weight is 366 g/mol. The number of imidazole rings is 1. The van der Waals surface area contributed by atoms with Gasteiger partial charge in [0, 0.05) is 42.7 Å². The fourth-order valence-corrected chi connectivity index (χ4v) is 3.46. The van der Waals surface area contributed by atoms with E-state index in [2.05, 4.69) is 35.2 Å². The van der Waals surface area contributed by atoms with Crippen molar-refractivity contribution in [3.8, 4) is 17.5 Å². The second-order valence-corrected chi connectivity index (χ2v) is 7.72. The predicted octanol–water partition coefficient (Wildman–Crippen LogP) is 2.21. The largest absolute Gasteiger partial charge is 0.344 e. The highest BCUT2D eigenvalue weighted by Crippen LogP contribution is 2.21. The first-order valence-corrected chi connectivity index (χ1v) is 9.29. The molecule has 1 atom stereocenters. The zero-order valence-corrected chi connectivity index (χ0v) is 16.1. The van der Waals surface area contributed by atoms with Crippen LogP contribution in [-0.4, -0.2) is 50.4 Å².